The molecule has 5 nitrogen and oxygen atoms in total. The van der Waals surface area contributed by atoms with E-state index in [0.717, 1.165) is 0 Å². The van der Waals surface area contributed by atoms with Crippen molar-refractivity contribution in [3.8, 4) is 0 Å². The quantitative estimate of drug-likeness (QED) is 0.711. The topological polar surface area (TPSA) is 75.6 Å². The molecular formula is C7H13F2NO4S. The van der Waals surface area contributed by atoms with E-state index in [2.05, 4.69) is 0 Å². The number of hydrogen-bond acceptors (Lipinski definition) is 4. The smallest absolute Gasteiger partial charge is 0.350 e. The maximum Gasteiger partial charge on any atom is 0.350 e. The van der Waals surface area contributed by atoms with Crippen molar-refractivity contribution >= 4 is 10.0 Å². The molecule has 0 aromatic carbocycles. The van der Waals surface area contributed by atoms with Gasteiger partial charge in [-0.3, -0.25) is 0 Å². The van der Waals surface area contributed by atoms with Gasteiger partial charge in [0.15, 0.2) is 0 Å². The summed E-state index contributed by atoms with van der Waals surface area (Å²) in [5, 5.41) is 9.81. The highest BCUT2D eigenvalue weighted by molar-refractivity contribution is 7.89. The summed E-state index contributed by atoms with van der Waals surface area (Å²) in [6.45, 7) is 1.39. The summed E-state index contributed by atoms with van der Waals surface area (Å²) in [5.74, 6) is -3.49. The van der Waals surface area contributed by atoms with E-state index in [0.29, 0.717) is 0 Å². The van der Waals surface area contributed by atoms with Gasteiger partial charge < -0.3 is 9.84 Å². The van der Waals surface area contributed by atoms with Crippen LogP contribution in [-0.4, -0.2) is 44.1 Å². The van der Waals surface area contributed by atoms with Gasteiger partial charge in [-0.1, -0.05) is 0 Å². The van der Waals surface area contributed by atoms with Crippen molar-refractivity contribution in [2.45, 2.75) is 30.8 Å². The summed E-state index contributed by atoms with van der Waals surface area (Å²) in [5.41, 5.74) is -1.40. The van der Waals surface area contributed by atoms with Crippen LogP contribution in [0.2, 0.25) is 0 Å². The predicted molar refractivity (Wildman–Crippen MR) is 47.9 cm³/mol. The number of nitrogens with one attached hydrogen (secondary N) is 1. The highest BCUT2D eigenvalue weighted by Crippen LogP contribution is 2.25. The average Bonchev–Trinajstić information content (AvgIpc) is 2.45. The number of sulfonamides is 1. The zero-order valence-corrected chi connectivity index (χ0v) is 8.93. The average molecular weight is 245 g/mol. The lowest BCUT2D eigenvalue weighted by Crippen LogP contribution is -2.48. The SMILES string of the molecule is CC1OCCC1(O)CNS(=O)(=O)C(F)F. The second-order valence-corrected chi connectivity index (χ2v) is 5.23. The molecule has 0 saturated carbocycles. The standard InChI is InChI=1S/C7H13F2NO4S/c1-5-7(11,2-3-14-5)4-10-15(12,13)6(8)9/h5-6,10-11H,2-4H2,1H3. The Hall–Kier alpha value is -0.310. The van der Waals surface area contributed by atoms with Crippen LogP contribution in [0.25, 0.3) is 0 Å². The van der Waals surface area contributed by atoms with Gasteiger partial charge in [-0.25, -0.2) is 13.1 Å². The zero-order valence-electron chi connectivity index (χ0n) is 8.11. The predicted octanol–water partition coefficient (Wildman–Crippen LogP) is -0.332. The van der Waals surface area contributed by atoms with E-state index in [1.807, 2.05) is 0 Å². The Morgan fingerprint density at radius 1 is 1.67 bits per heavy atom. The van der Waals surface area contributed by atoms with Crippen molar-refractivity contribution in [1.29, 1.82) is 0 Å². The Bertz CT molecular complexity index is 321. The van der Waals surface area contributed by atoms with Crippen LogP contribution in [-0.2, 0) is 14.8 Å². The zero-order chi connectivity index (χ0) is 11.7. The van der Waals surface area contributed by atoms with Gasteiger partial charge in [0.05, 0.1) is 6.10 Å². The molecule has 90 valence electrons. The van der Waals surface area contributed by atoms with Crippen LogP contribution in [0.5, 0.6) is 0 Å². The maximum absolute atomic E-state index is 11.9. The van der Waals surface area contributed by atoms with Gasteiger partial charge >= 0.3 is 5.76 Å². The van der Waals surface area contributed by atoms with Crippen LogP contribution in [0.4, 0.5) is 8.78 Å². The Labute approximate surface area is 86.5 Å². The molecule has 1 saturated heterocycles. The van der Waals surface area contributed by atoms with E-state index >= 15 is 0 Å². The number of aliphatic hydroxyl groups is 1. The van der Waals surface area contributed by atoms with Gasteiger partial charge in [-0.05, 0) is 6.92 Å². The summed E-state index contributed by atoms with van der Waals surface area (Å²) >= 11 is 0. The Morgan fingerprint density at radius 2 is 2.27 bits per heavy atom. The minimum absolute atomic E-state index is 0.222. The molecule has 0 amide bonds. The van der Waals surface area contributed by atoms with Crippen molar-refractivity contribution in [1.82, 2.24) is 4.72 Å². The van der Waals surface area contributed by atoms with Gasteiger partial charge in [-0.15, -0.1) is 0 Å². The fourth-order valence-electron chi connectivity index (χ4n) is 1.29. The van der Waals surface area contributed by atoms with E-state index in [4.69, 9.17) is 4.74 Å². The molecule has 0 spiro atoms. The monoisotopic (exact) mass is 245 g/mol. The number of hydrogen-bond donors (Lipinski definition) is 2. The van der Waals surface area contributed by atoms with E-state index in [9.17, 15) is 22.3 Å². The fraction of sp³-hybridized carbons (Fsp3) is 1.00. The first-order chi connectivity index (χ1) is 6.78. The molecule has 8 heteroatoms. The molecule has 2 atom stereocenters. The first kappa shape index (κ1) is 12.8. The third kappa shape index (κ3) is 2.83. The summed E-state index contributed by atoms with van der Waals surface area (Å²) in [6, 6.07) is 0. The first-order valence-corrected chi connectivity index (χ1v) is 5.93. The van der Waals surface area contributed by atoms with Crippen LogP contribution < -0.4 is 4.72 Å². The van der Waals surface area contributed by atoms with Crippen molar-refractivity contribution < 1.29 is 27.0 Å². The molecule has 0 bridgehead atoms. The molecule has 1 aliphatic heterocycles. The molecule has 2 N–H and O–H groups in total. The van der Waals surface area contributed by atoms with Crippen molar-refractivity contribution in [2.24, 2.45) is 0 Å². The second kappa shape index (κ2) is 4.28. The summed E-state index contributed by atoms with van der Waals surface area (Å²) < 4.78 is 52.0. The molecule has 0 aliphatic carbocycles. The molecule has 1 heterocycles. The number of halogens is 2. The Morgan fingerprint density at radius 3 is 2.67 bits per heavy atom. The largest absolute Gasteiger partial charge is 0.386 e. The third-order valence-corrected chi connectivity index (χ3v) is 3.49. The summed E-state index contributed by atoms with van der Waals surface area (Å²) in [7, 11) is -4.65. The Kier molecular flexibility index (Phi) is 3.64. The number of rotatable bonds is 4. The molecule has 0 radical (unpaired) electrons. The summed E-state index contributed by atoms with van der Waals surface area (Å²) in [6.07, 6.45) is -0.349. The third-order valence-electron chi connectivity index (χ3n) is 2.47. The fourth-order valence-corrected chi connectivity index (χ4v) is 1.87. The first-order valence-electron chi connectivity index (χ1n) is 4.38. The molecular weight excluding hydrogens is 232 g/mol. The van der Waals surface area contributed by atoms with Crippen LogP contribution in [0.1, 0.15) is 13.3 Å². The van der Waals surface area contributed by atoms with Gasteiger partial charge in [-0.2, -0.15) is 8.78 Å². The van der Waals surface area contributed by atoms with Crippen LogP contribution >= 0.6 is 0 Å². The van der Waals surface area contributed by atoms with E-state index in [1.165, 1.54) is 0 Å². The maximum atomic E-state index is 11.9. The molecule has 0 aromatic rings. The summed E-state index contributed by atoms with van der Waals surface area (Å²) in [4.78, 5) is 0. The lowest BCUT2D eigenvalue weighted by Gasteiger charge is -2.25. The van der Waals surface area contributed by atoms with Crippen molar-refractivity contribution in [2.75, 3.05) is 13.2 Å². The minimum atomic E-state index is -4.65. The molecule has 1 fully saturated rings. The van der Waals surface area contributed by atoms with E-state index < -0.39 is 34.0 Å². The Balaban J connectivity index is 2.57. The van der Waals surface area contributed by atoms with E-state index in [-0.39, 0.29) is 13.0 Å². The van der Waals surface area contributed by atoms with Crippen LogP contribution in [0, 0.1) is 0 Å². The molecule has 0 aromatic heterocycles. The number of ether oxygens (including phenoxy) is 1. The van der Waals surface area contributed by atoms with Gasteiger partial charge in [0.25, 0.3) is 10.0 Å². The molecule has 15 heavy (non-hydrogen) atoms. The van der Waals surface area contributed by atoms with Crippen molar-refractivity contribution in [3.05, 3.63) is 0 Å². The van der Waals surface area contributed by atoms with E-state index in [1.54, 1.807) is 11.6 Å². The highest BCUT2D eigenvalue weighted by Gasteiger charge is 2.41. The minimum Gasteiger partial charge on any atom is -0.386 e. The normalized spacial score (nSPS) is 32.5. The molecule has 1 rings (SSSR count). The number of alkyl halides is 2. The van der Waals surface area contributed by atoms with Gasteiger partial charge in [0.1, 0.15) is 5.60 Å². The molecule has 2 unspecified atom stereocenters. The van der Waals surface area contributed by atoms with Crippen LogP contribution in [0.15, 0.2) is 0 Å². The van der Waals surface area contributed by atoms with Gasteiger partial charge in [0, 0.05) is 19.6 Å². The van der Waals surface area contributed by atoms with Crippen molar-refractivity contribution in [3.63, 3.8) is 0 Å². The molecule has 1 aliphatic rings. The lowest BCUT2D eigenvalue weighted by atomic mass is 9.97. The second-order valence-electron chi connectivity index (χ2n) is 3.49. The highest BCUT2D eigenvalue weighted by atomic mass is 32.2. The lowest BCUT2D eigenvalue weighted by molar-refractivity contribution is -0.0230. The van der Waals surface area contributed by atoms with Gasteiger partial charge in [0.2, 0.25) is 0 Å². The van der Waals surface area contributed by atoms with Crippen LogP contribution in [0.3, 0.4) is 0 Å².